The number of esters is 1. The van der Waals surface area contributed by atoms with Gasteiger partial charge in [0.15, 0.2) is 0 Å². The van der Waals surface area contributed by atoms with Gasteiger partial charge in [-0.3, -0.25) is 9.59 Å². The summed E-state index contributed by atoms with van der Waals surface area (Å²) < 4.78 is 10.1. The Morgan fingerprint density at radius 2 is 1.79 bits per heavy atom. The van der Waals surface area contributed by atoms with Gasteiger partial charge in [-0.05, 0) is 50.0 Å². The summed E-state index contributed by atoms with van der Waals surface area (Å²) in [6.07, 6.45) is 2.29. The number of amides is 1. The Hall–Kier alpha value is -1.63. The summed E-state index contributed by atoms with van der Waals surface area (Å²) in [7, 11) is 2.97. The molecule has 1 aromatic rings. The topological polar surface area (TPSA) is 76.7 Å². The zero-order valence-electron chi connectivity index (χ0n) is 14.1. The maximum atomic E-state index is 12.5. The van der Waals surface area contributed by atoms with Gasteiger partial charge < -0.3 is 20.1 Å². The number of halogens is 1. The van der Waals surface area contributed by atoms with E-state index < -0.39 is 5.60 Å². The molecule has 1 heterocycles. The maximum Gasteiger partial charge on any atom is 0.305 e. The molecule has 1 fully saturated rings. The second kappa shape index (κ2) is 9.61. The molecule has 1 aliphatic rings. The Morgan fingerprint density at radius 3 is 2.33 bits per heavy atom. The second-order valence-corrected chi connectivity index (χ2v) is 5.68. The number of benzene rings is 1. The van der Waals surface area contributed by atoms with E-state index >= 15 is 0 Å². The zero-order valence-corrected chi connectivity index (χ0v) is 14.9. The molecular formula is C17H25ClN2O4. The van der Waals surface area contributed by atoms with Crippen molar-refractivity contribution < 1.29 is 19.1 Å². The summed E-state index contributed by atoms with van der Waals surface area (Å²) in [5, 5.41) is 6.15. The first-order chi connectivity index (χ1) is 11.1. The lowest BCUT2D eigenvalue weighted by molar-refractivity contribution is -0.141. The van der Waals surface area contributed by atoms with Crippen molar-refractivity contribution in [1.29, 1.82) is 0 Å². The number of methoxy groups -OCH3 is 2. The van der Waals surface area contributed by atoms with Crippen molar-refractivity contribution in [3.63, 3.8) is 0 Å². The molecule has 1 saturated heterocycles. The lowest BCUT2D eigenvalue weighted by Crippen LogP contribution is -2.51. The number of hydrogen-bond donors (Lipinski definition) is 2. The summed E-state index contributed by atoms with van der Waals surface area (Å²) in [6.45, 7) is 1.54. The number of carbonyl (C=O) groups is 2. The third-order valence-electron chi connectivity index (χ3n) is 4.27. The van der Waals surface area contributed by atoms with Crippen molar-refractivity contribution >= 4 is 30.0 Å². The number of nitrogens with one attached hydrogen (secondary N) is 2. The van der Waals surface area contributed by atoms with E-state index in [2.05, 4.69) is 15.4 Å². The molecule has 7 heteroatoms. The molecule has 2 N–H and O–H groups in total. The van der Waals surface area contributed by atoms with Crippen LogP contribution in [0.3, 0.4) is 0 Å². The van der Waals surface area contributed by atoms with Crippen molar-refractivity contribution in [2.75, 3.05) is 32.6 Å². The normalized spacial score (nSPS) is 15.9. The van der Waals surface area contributed by atoms with E-state index in [-0.39, 0.29) is 24.3 Å². The Kier molecular flexibility index (Phi) is 8.18. The standard InChI is InChI=1S/C17H24N2O4.ClH/c1-22-15(20)8-5-13-3-6-14(7-4-13)19-16(21)17(23-2)9-11-18-12-10-17;/h3-4,6-7,18H,5,8-12H2,1-2H3,(H,19,21);1H. The van der Waals surface area contributed by atoms with Gasteiger partial charge in [-0.2, -0.15) is 0 Å². The van der Waals surface area contributed by atoms with Gasteiger partial charge >= 0.3 is 5.97 Å². The molecular weight excluding hydrogens is 332 g/mol. The van der Waals surface area contributed by atoms with E-state index in [1.165, 1.54) is 7.11 Å². The highest BCUT2D eigenvalue weighted by atomic mass is 35.5. The summed E-state index contributed by atoms with van der Waals surface area (Å²) >= 11 is 0. The number of carbonyl (C=O) groups excluding carboxylic acids is 2. The van der Waals surface area contributed by atoms with E-state index in [1.807, 2.05) is 24.3 Å². The van der Waals surface area contributed by atoms with E-state index in [0.29, 0.717) is 25.7 Å². The number of piperidine rings is 1. The highest BCUT2D eigenvalue weighted by Gasteiger charge is 2.39. The van der Waals surface area contributed by atoms with E-state index in [9.17, 15) is 9.59 Å². The number of anilines is 1. The van der Waals surface area contributed by atoms with Gasteiger partial charge in [0.25, 0.3) is 5.91 Å². The summed E-state index contributed by atoms with van der Waals surface area (Å²) in [5.74, 6) is -0.334. The third-order valence-corrected chi connectivity index (χ3v) is 4.27. The Morgan fingerprint density at radius 1 is 1.17 bits per heavy atom. The zero-order chi connectivity index (χ0) is 16.7. The van der Waals surface area contributed by atoms with Gasteiger partial charge in [0.05, 0.1) is 7.11 Å². The highest BCUT2D eigenvalue weighted by molar-refractivity contribution is 5.97. The average Bonchev–Trinajstić information content (AvgIpc) is 2.61. The van der Waals surface area contributed by atoms with Crippen LogP contribution < -0.4 is 10.6 Å². The summed E-state index contributed by atoms with van der Waals surface area (Å²) in [5.41, 5.74) is 0.998. The van der Waals surface area contributed by atoms with Gasteiger partial charge in [0, 0.05) is 19.2 Å². The van der Waals surface area contributed by atoms with Crippen LogP contribution >= 0.6 is 12.4 Å². The first kappa shape index (κ1) is 20.4. The molecule has 134 valence electrons. The molecule has 24 heavy (non-hydrogen) atoms. The Balaban J connectivity index is 0.00000288. The molecule has 1 aromatic carbocycles. The number of aryl methyl sites for hydroxylation is 1. The van der Waals surface area contributed by atoms with E-state index in [4.69, 9.17) is 4.74 Å². The molecule has 0 saturated carbocycles. The minimum atomic E-state index is -0.755. The summed E-state index contributed by atoms with van der Waals surface area (Å²) in [4.78, 5) is 23.7. The number of ether oxygens (including phenoxy) is 2. The van der Waals surface area contributed by atoms with Gasteiger partial charge in [0.1, 0.15) is 5.60 Å². The molecule has 0 unspecified atom stereocenters. The molecule has 0 aliphatic carbocycles. The minimum Gasteiger partial charge on any atom is -0.469 e. The van der Waals surface area contributed by atoms with Crippen LogP contribution in [-0.4, -0.2) is 44.8 Å². The average molecular weight is 357 g/mol. The Bertz CT molecular complexity index is 542. The number of hydrogen-bond acceptors (Lipinski definition) is 5. The predicted molar refractivity (Wildman–Crippen MR) is 94.5 cm³/mol. The first-order valence-electron chi connectivity index (χ1n) is 7.83. The van der Waals surface area contributed by atoms with Gasteiger partial charge in [-0.25, -0.2) is 0 Å². The largest absolute Gasteiger partial charge is 0.469 e. The second-order valence-electron chi connectivity index (χ2n) is 5.68. The maximum absolute atomic E-state index is 12.5. The molecule has 0 radical (unpaired) electrons. The van der Waals surface area contributed by atoms with Crippen molar-refractivity contribution in [2.45, 2.75) is 31.3 Å². The molecule has 0 atom stereocenters. The molecule has 6 nitrogen and oxygen atoms in total. The smallest absolute Gasteiger partial charge is 0.305 e. The summed E-state index contributed by atoms with van der Waals surface area (Å²) in [6, 6.07) is 7.49. The molecule has 0 aromatic heterocycles. The van der Waals surface area contributed by atoms with Gasteiger partial charge in [-0.1, -0.05) is 12.1 Å². The predicted octanol–water partition coefficient (Wildman–Crippen LogP) is 1.92. The fraction of sp³-hybridized carbons (Fsp3) is 0.529. The lowest BCUT2D eigenvalue weighted by atomic mass is 9.91. The minimum absolute atomic E-state index is 0. The van der Waals surface area contributed by atoms with Crippen LogP contribution in [0.4, 0.5) is 5.69 Å². The molecule has 2 rings (SSSR count). The van der Waals surface area contributed by atoms with Crippen molar-refractivity contribution in [3.05, 3.63) is 29.8 Å². The van der Waals surface area contributed by atoms with Crippen molar-refractivity contribution in [2.24, 2.45) is 0 Å². The number of rotatable bonds is 6. The lowest BCUT2D eigenvalue weighted by Gasteiger charge is -2.34. The monoisotopic (exact) mass is 356 g/mol. The van der Waals surface area contributed by atoms with E-state index in [0.717, 1.165) is 24.3 Å². The molecule has 0 spiro atoms. The van der Waals surface area contributed by atoms with Crippen LogP contribution in [0.15, 0.2) is 24.3 Å². The van der Waals surface area contributed by atoms with Crippen molar-refractivity contribution in [1.82, 2.24) is 5.32 Å². The van der Waals surface area contributed by atoms with Crippen LogP contribution in [0.5, 0.6) is 0 Å². The SMILES string of the molecule is COC(=O)CCc1ccc(NC(=O)C2(OC)CCNCC2)cc1.Cl. The van der Waals surface area contributed by atoms with Crippen molar-refractivity contribution in [3.8, 4) is 0 Å². The third kappa shape index (κ3) is 5.19. The Labute approximate surface area is 148 Å². The van der Waals surface area contributed by atoms with Gasteiger partial charge in [-0.15, -0.1) is 12.4 Å². The van der Waals surface area contributed by atoms with Crippen LogP contribution in [0.2, 0.25) is 0 Å². The van der Waals surface area contributed by atoms with Crippen LogP contribution in [-0.2, 0) is 25.5 Å². The first-order valence-corrected chi connectivity index (χ1v) is 7.83. The molecule has 0 bridgehead atoms. The van der Waals surface area contributed by atoms with Gasteiger partial charge in [0.2, 0.25) is 0 Å². The van der Waals surface area contributed by atoms with Crippen LogP contribution in [0.25, 0.3) is 0 Å². The fourth-order valence-corrected chi connectivity index (χ4v) is 2.70. The van der Waals surface area contributed by atoms with Crippen LogP contribution in [0, 0.1) is 0 Å². The van der Waals surface area contributed by atoms with E-state index in [1.54, 1.807) is 7.11 Å². The highest BCUT2D eigenvalue weighted by Crippen LogP contribution is 2.24. The molecule has 1 amide bonds. The molecule has 1 aliphatic heterocycles. The van der Waals surface area contributed by atoms with Crippen LogP contribution in [0.1, 0.15) is 24.8 Å². The fourth-order valence-electron chi connectivity index (χ4n) is 2.70. The quantitative estimate of drug-likeness (QED) is 0.761.